The molecule has 1 aliphatic rings. The van der Waals surface area contributed by atoms with Crippen LogP contribution in [-0.4, -0.2) is 59.9 Å². The van der Waals surface area contributed by atoms with E-state index in [4.69, 9.17) is 11.6 Å². The lowest BCUT2D eigenvalue weighted by atomic mass is 10.0. The topological polar surface area (TPSA) is 52.7 Å². The fraction of sp³-hybridized carbons (Fsp3) is 0.579. The smallest absolute Gasteiger partial charge is 0.251 e. The number of benzene rings is 1. The predicted octanol–water partition coefficient (Wildman–Crippen LogP) is 2.65. The second-order valence-corrected chi connectivity index (χ2v) is 7.59. The van der Waals surface area contributed by atoms with Gasteiger partial charge in [0.25, 0.3) is 5.91 Å². The average Bonchev–Trinajstić information content (AvgIpc) is 2.59. The van der Waals surface area contributed by atoms with Gasteiger partial charge in [0, 0.05) is 42.8 Å². The summed E-state index contributed by atoms with van der Waals surface area (Å²) in [5, 5.41) is 3.48. The minimum absolute atomic E-state index is 0.000666. The molecule has 6 heteroatoms. The normalized spacial score (nSPS) is 17.0. The molecule has 1 aromatic rings. The van der Waals surface area contributed by atoms with Gasteiger partial charge in [0.05, 0.1) is 0 Å². The lowest BCUT2D eigenvalue weighted by Crippen LogP contribution is -2.57. The number of piperazine rings is 1. The molecule has 5 nitrogen and oxygen atoms in total. The third-order valence-corrected chi connectivity index (χ3v) is 4.93. The number of amides is 2. The Hall–Kier alpha value is -1.59. The van der Waals surface area contributed by atoms with Crippen LogP contribution in [0.3, 0.4) is 0 Å². The van der Waals surface area contributed by atoms with Gasteiger partial charge in [-0.3, -0.25) is 14.5 Å². The molecule has 1 unspecified atom stereocenters. The molecule has 25 heavy (non-hydrogen) atoms. The Bertz CT molecular complexity index is 593. The van der Waals surface area contributed by atoms with Crippen LogP contribution >= 0.6 is 11.6 Å². The van der Waals surface area contributed by atoms with Gasteiger partial charge >= 0.3 is 0 Å². The van der Waals surface area contributed by atoms with Crippen LogP contribution in [0.2, 0.25) is 5.02 Å². The third kappa shape index (κ3) is 5.19. The summed E-state index contributed by atoms with van der Waals surface area (Å²) in [4.78, 5) is 29.6. The third-order valence-electron chi connectivity index (χ3n) is 4.68. The maximum Gasteiger partial charge on any atom is 0.251 e. The average molecular weight is 366 g/mol. The first-order valence-electron chi connectivity index (χ1n) is 8.89. The molecular formula is C19H28ClN3O2. The summed E-state index contributed by atoms with van der Waals surface area (Å²) in [7, 11) is 0. The van der Waals surface area contributed by atoms with Crippen LogP contribution in [-0.2, 0) is 4.79 Å². The molecule has 0 spiro atoms. The number of hydrogen-bond donors (Lipinski definition) is 1. The fourth-order valence-electron chi connectivity index (χ4n) is 2.99. The van der Waals surface area contributed by atoms with E-state index in [9.17, 15) is 9.59 Å². The maximum absolute atomic E-state index is 12.9. The van der Waals surface area contributed by atoms with Crippen molar-refractivity contribution in [1.82, 2.24) is 15.1 Å². The van der Waals surface area contributed by atoms with Crippen LogP contribution in [0.1, 0.15) is 38.1 Å². The first kappa shape index (κ1) is 19.7. The van der Waals surface area contributed by atoms with Crippen molar-refractivity contribution in [1.29, 1.82) is 0 Å². The van der Waals surface area contributed by atoms with E-state index in [1.165, 1.54) is 0 Å². The van der Waals surface area contributed by atoms with E-state index in [0.29, 0.717) is 29.7 Å². The monoisotopic (exact) mass is 365 g/mol. The standard InChI is InChI=1S/C19H28ClN3O2/c1-13(2)17(21-18(24)15-5-7-16(20)8-6-15)19(25)23-11-9-22(10-12-23)14(3)4/h5-8,13-14,17H,9-12H2,1-4H3,(H,21,24). The molecule has 0 aliphatic carbocycles. The van der Waals surface area contributed by atoms with Crippen LogP contribution in [0.25, 0.3) is 0 Å². The highest BCUT2D eigenvalue weighted by Gasteiger charge is 2.31. The fourth-order valence-corrected chi connectivity index (χ4v) is 3.12. The Morgan fingerprint density at radius 2 is 1.56 bits per heavy atom. The molecule has 1 saturated heterocycles. The highest BCUT2D eigenvalue weighted by atomic mass is 35.5. The number of hydrogen-bond acceptors (Lipinski definition) is 3. The lowest BCUT2D eigenvalue weighted by Gasteiger charge is -2.39. The number of carbonyl (C=O) groups is 2. The Morgan fingerprint density at radius 1 is 1.00 bits per heavy atom. The van der Waals surface area contributed by atoms with Crippen molar-refractivity contribution in [3.63, 3.8) is 0 Å². The van der Waals surface area contributed by atoms with Gasteiger partial charge in [0.1, 0.15) is 6.04 Å². The summed E-state index contributed by atoms with van der Waals surface area (Å²) >= 11 is 5.86. The number of halogens is 1. The second kappa shape index (κ2) is 8.68. The molecule has 1 N–H and O–H groups in total. The van der Waals surface area contributed by atoms with E-state index in [2.05, 4.69) is 24.1 Å². The zero-order valence-electron chi connectivity index (χ0n) is 15.5. The molecule has 0 bridgehead atoms. The number of rotatable bonds is 5. The van der Waals surface area contributed by atoms with Crippen LogP contribution in [0, 0.1) is 5.92 Å². The predicted molar refractivity (Wildman–Crippen MR) is 101 cm³/mol. The molecule has 1 heterocycles. The molecule has 2 rings (SSSR count). The van der Waals surface area contributed by atoms with E-state index >= 15 is 0 Å². The van der Waals surface area contributed by atoms with Gasteiger partial charge in [0.2, 0.25) is 5.91 Å². The highest BCUT2D eigenvalue weighted by molar-refractivity contribution is 6.30. The Morgan fingerprint density at radius 3 is 2.04 bits per heavy atom. The van der Waals surface area contributed by atoms with E-state index in [1.54, 1.807) is 24.3 Å². The molecule has 1 atom stereocenters. The van der Waals surface area contributed by atoms with Crippen LogP contribution < -0.4 is 5.32 Å². The summed E-state index contributed by atoms with van der Waals surface area (Å²) in [6.07, 6.45) is 0. The Labute approximate surface area is 155 Å². The second-order valence-electron chi connectivity index (χ2n) is 7.16. The van der Waals surface area contributed by atoms with Crippen molar-refractivity contribution in [2.24, 2.45) is 5.92 Å². The SMILES string of the molecule is CC(C)C(NC(=O)c1ccc(Cl)cc1)C(=O)N1CCN(C(C)C)CC1. The summed E-state index contributed by atoms with van der Waals surface area (Å²) in [6.45, 7) is 11.4. The maximum atomic E-state index is 12.9. The molecule has 0 aromatic heterocycles. The molecule has 1 fully saturated rings. The largest absolute Gasteiger partial charge is 0.340 e. The van der Waals surface area contributed by atoms with Gasteiger partial charge < -0.3 is 10.2 Å². The van der Waals surface area contributed by atoms with E-state index < -0.39 is 6.04 Å². The molecule has 0 radical (unpaired) electrons. The van der Waals surface area contributed by atoms with Crippen LogP contribution in [0.4, 0.5) is 0 Å². The lowest BCUT2D eigenvalue weighted by molar-refractivity contribution is -0.136. The van der Waals surface area contributed by atoms with E-state index in [-0.39, 0.29) is 17.7 Å². The van der Waals surface area contributed by atoms with Crippen molar-refractivity contribution < 1.29 is 9.59 Å². The summed E-state index contributed by atoms with van der Waals surface area (Å²) in [5.74, 6) is -0.225. The zero-order chi connectivity index (χ0) is 18.6. The van der Waals surface area contributed by atoms with Crippen molar-refractivity contribution in [3.05, 3.63) is 34.9 Å². The first-order chi connectivity index (χ1) is 11.8. The molecule has 1 aromatic carbocycles. The van der Waals surface area contributed by atoms with Gasteiger partial charge in [-0.05, 0) is 44.0 Å². The van der Waals surface area contributed by atoms with Crippen molar-refractivity contribution in [2.45, 2.75) is 39.8 Å². The van der Waals surface area contributed by atoms with E-state index in [1.807, 2.05) is 18.7 Å². The van der Waals surface area contributed by atoms with Gasteiger partial charge in [0.15, 0.2) is 0 Å². The van der Waals surface area contributed by atoms with Crippen molar-refractivity contribution in [2.75, 3.05) is 26.2 Å². The summed E-state index contributed by atoms with van der Waals surface area (Å²) < 4.78 is 0. The Balaban J connectivity index is 2.01. The van der Waals surface area contributed by atoms with Gasteiger partial charge in [-0.25, -0.2) is 0 Å². The molecule has 0 saturated carbocycles. The van der Waals surface area contributed by atoms with Gasteiger partial charge in [-0.2, -0.15) is 0 Å². The Kier molecular flexibility index (Phi) is 6.85. The number of carbonyl (C=O) groups excluding carboxylic acids is 2. The van der Waals surface area contributed by atoms with Gasteiger partial charge in [-0.15, -0.1) is 0 Å². The highest BCUT2D eigenvalue weighted by Crippen LogP contribution is 2.13. The first-order valence-corrected chi connectivity index (χ1v) is 9.26. The summed E-state index contributed by atoms with van der Waals surface area (Å²) in [6, 6.07) is 6.65. The quantitative estimate of drug-likeness (QED) is 0.872. The molecule has 1 aliphatic heterocycles. The number of nitrogens with one attached hydrogen (secondary N) is 1. The van der Waals surface area contributed by atoms with Crippen LogP contribution in [0.15, 0.2) is 24.3 Å². The van der Waals surface area contributed by atoms with E-state index in [0.717, 1.165) is 13.1 Å². The minimum atomic E-state index is -0.520. The summed E-state index contributed by atoms with van der Waals surface area (Å²) in [5.41, 5.74) is 0.507. The molecule has 138 valence electrons. The van der Waals surface area contributed by atoms with Crippen LogP contribution in [0.5, 0.6) is 0 Å². The zero-order valence-corrected chi connectivity index (χ0v) is 16.2. The van der Waals surface area contributed by atoms with Crippen molar-refractivity contribution >= 4 is 23.4 Å². The minimum Gasteiger partial charge on any atom is -0.340 e. The molecular weight excluding hydrogens is 338 g/mol. The molecule has 2 amide bonds. The van der Waals surface area contributed by atoms with Crippen molar-refractivity contribution in [3.8, 4) is 0 Å². The van der Waals surface area contributed by atoms with Gasteiger partial charge in [-0.1, -0.05) is 25.4 Å². The number of nitrogens with zero attached hydrogens (tertiary/aromatic N) is 2.